The van der Waals surface area contributed by atoms with Crippen LogP contribution in [0.25, 0.3) is 10.3 Å². The molecule has 2 nitrogen and oxygen atoms in total. The number of rotatable bonds is 3. The molecule has 1 aliphatic carbocycles. The van der Waals surface area contributed by atoms with E-state index in [9.17, 15) is 14.2 Å². The van der Waals surface area contributed by atoms with Crippen molar-refractivity contribution in [3.63, 3.8) is 0 Å². The van der Waals surface area contributed by atoms with E-state index in [4.69, 9.17) is 18.6 Å². The summed E-state index contributed by atoms with van der Waals surface area (Å²) in [7, 11) is 9.78. The van der Waals surface area contributed by atoms with Crippen LogP contribution in [0.5, 0.6) is 0 Å². The number of benzene rings is 2. The largest absolute Gasteiger partial charge is 0.468 e. The molecule has 2 aromatic rings. The Labute approximate surface area is 268 Å². The Morgan fingerprint density at radius 3 is 2.02 bits per heavy atom. The number of hydrogen-bond donors (Lipinski definition) is 0. The molecule has 226 valence electrons. The fraction of sp³-hybridized carbons (Fsp3) is 0.515. The quantitative estimate of drug-likeness (QED) is 0.142. The van der Waals surface area contributed by atoms with Crippen LogP contribution in [0.15, 0.2) is 48.0 Å². The average molecular weight is 658 g/mol. The van der Waals surface area contributed by atoms with Crippen LogP contribution in [0.1, 0.15) is 83.4 Å². The first-order valence-corrected chi connectivity index (χ1v) is 19.4. The number of amidine groups is 1. The zero-order valence-electron chi connectivity index (χ0n) is 25.4. The Hall–Kier alpha value is -0.846. The summed E-state index contributed by atoms with van der Waals surface area (Å²) in [5.74, 6) is 2.16. The summed E-state index contributed by atoms with van der Waals surface area (Å²) in [5, 5.41) is 10.7. The first-order valence-electron chi connectivity index (χ1n) is 14.2. The van der Waals surface area contributed by atoms with E-state index in [1.54, 1.807) is 15.4 Å². The number of thioether (sulfide) groups is 1. The van der Waals surface area contributed by atoms with Crippen LogP contribution in [0, 0.1) is 42.7 Å². The molecule has 2 aliphatic heterocycles. The number of likely N-dealkylation sites (tertiary alicyclic amines) is 1. The Morgan fingerprint density at radius 1 is 0.927 bits per heavy atom. The average Bonchev–Trinajstić information content (AvgIpc) is 3.39. The number of piperidine rings is 1. The first-order chi connectivity index (χ1) is 19.0. The van der Waals surface area contributed by atoms with E-state index in [1.807, 2.05) is 0 Å². The van der Waals surface area contributed by atoms with Gasteiger partial charge in [0, 0.05) is 15.7 Å². The molecule has 0 amide bonds. The van der Waals surface area contributed by atoms with Gasteiger partial charge in [-0.05, 0) is 72.9 Å². The van der Waals surface area contributed by atoms with Gasteiger partial charge in [0.1, 0.15) is 11.6 Å². The normalized spacial score (nSPS) is 25.0. The molecule has 2 fully saturated rings. The van der Waals surface area contributed by atoms with Crippen molar-refractivity contribution in [1.29, 1.82) is 0 Å². The van der Waals surface area contributed by atoms with Gasteiger partial charge in [-0.25, -0.2) is 8.78 Å². The molecule has 8 heteroatoms. The van der Waals surface area contributed by atoms with Crippen molar-refractivity contribution in [2.45, 2.75) is 72.0 Å². The van der Waals surface area contributed by atoms with Crippen molar-refractivity contribution in [2.24, 2.45) is 23.7 Å². The van der Waals surface area contributed by atoms with Gasteiger partial charge in [0.25, 0.3) is 0 Å². The van der Waals surface area contributed by atoms with Crippen molar-refractivity contribution in [2.75, 3.05) is 13.1 Å². The molecule has 5 unspecified atom stereocenters. The van der Waals surface area contributed by atoms with Gasteiger partial charge in [-0.3, -0.25) is 0 Å². The van der Waals surface area contributed by atoms with E-state index < -0.39 is 28.7 Å². The summed E-state index contributed by atoms with van der Waals surface area (Å²) >= 11 is 1.61. The Bertz CT molecular complexity index is 1170. The van der Waals surface area contributed by atoms with E-state index in [1.165, 1.54) is 17.2 Å². The van der Waals surface area contributed by atoms with Crippen molar-refractivity contribution < 1.29 is 25.8 Å². The second-order valence-corrected chi connectivity index (χ2v) is 15.2. The van der Waals surface area contributed by atoms with Crippen LogP contribution in [0.2, 0.25) is 0 Å². The smallest absolute Gasteiger partial charge is 0.133 e. The molecule has 5 atom stereocenters. The first kappa shape index (κ1) is 36.3. The van der Waals surface area contributed by atoms with Crippen LogP contribution in [0.4, 0.5) is 8.78 Å². The van der Waals surface area contributed by atoms with E-state index in [0.717, 1.165) is 60.3 Å². The van der Waals surface area contributed by atoms with Crippen LogP contribution < -0.4 is 0 Å². The van der Waals surface area contributed by atoms with Gasteiger partial charge in [-0.15, -0.1) is 11.8 Å². The van der Waals surface area contributed by atoms with Gasteiger partial charge in [-0.1, -0.05) is 95.6 Å². The minimum Gasteiger partial charge on any atom is -0.468 e. The predicted octanol–water partition coefficient (Wildman–Crippen LogP) is 10.8. The monoisotopic (exact) mass is 656 g/mol. The number of hydrogen-bond acceptors (Lipinski definition) is 1. The second kappa shape index (κ2) is 16.9. The molecule has 41 heavy (non-hydrogen) atoms. The number of nitrogens with zero attached hydrogens (tertiary/aromatic N) is 2. The van der Waals surface area contributed by atoms with E-state index >= 15 is 0 Å². The molecule has 0 radical (unpaired) electrons. The molecule has 0 spiro atoms. The number of fused-ring (bicyclic) bond motifs is 1. The third kappa shape index (κ3) is 8.41. The zero-order valence-corrected chi connectivity index (χ0v) is 29.2. The number of halogens is 4. The molecule has 0 bridgehead atoms. The van der Waals surface area contributed by atoms with E-state index in [2.05, 4.69) is 77.6 Å². The van der Waals surface area contributed by atoms with Gasteiger partial charge in [0.05, 0.1) is 0 Å². The zero-order chi connectivity index (χ0) is 29.6. The molecule has 3 aliphatic rings. The summed E-state index contributed by atoms with van der Waals surface area (Å²) in [6, 6.07) is 12.6. The Balaban J connectivity index is 0.000000264. The van der Waals surface area contributed by atoms with Crippen molar-refractivity contribution in [3.8, 4) is 0 Å². The van der Waals surface area contributed by atoms with Crippen LogP contribution >= 0.6 is 30.4 Å². The predicted molar refractivity (Wildman–Crippen MR) is 173 cm³/mol. The molecular weight excluding hydrogens is 613 g/mol. The molecule has 2 heterocycles. The summed E-state index contributed by atoms with van der Waals surface area (Å²) < 4.78 is 26.8. The van der Waals surface area contributed by atoms with Gasteiger partial charge < -0.3 is 17.7 Å². The summed E-state index contributed by atoms with van der Waals surface area (Å²) in [5.41, 5.74) is 4.34. The fourth-order valence-corrected chi connectivity index (χ4v) is 8.36. The maximum Gasteiger partial charge on any atom is 0.133 e. The Morgan fingerprint density at radius 2 is 1.49 bits per heavy atom. The van der Waals surface area contributed by atoms with Gasteiger partial charge >= 0.3 is 35.6 Å². The summed E-state index contributed by atoms with van der Waals surface area (Å²) in [4.78, 5) is 3.21. The SMILES string of the molecule is CC1=C(c2ccccc2C(C)C)SC2C(C)C(C)C(C)C12.[CH3-].[Cl][Ti][Cl].[N-]=C(c1c(F)cccc1F)N1CCCCC1. The maximum atomic E-state index is 13.4. The van der Waals surface area contributed by atoms with Crippen molar-refractivity contribution in [1.82, 2.24) is 4.90 Å². The standard InChI is InChI=1S/C20H28S.C12H13F2N2.CH3.2ClH.Ti/c1-11(2)16-9-7-8-10-17(16)19-15(6)18-13(4)12(3)14(5)20(18)21-19;13-9-5-4-6-10(14)11(9)12(15)16-7-2-1-3-8-16;;;;/h7-14,18,20H,1-6H3;4-6H,1-3,7-8H2;1H3;2*1H;/q;2*-1;;;+2/p-2. The van der Waals surface area contributed by atoms with Crippen molar-refractivity contribution in [3.05, 3.63) is 89.2 Å². The molecule has 1 saturated carbocycles. The van der Waals surface area contributed by atoms with E-state index in [0.29, 0.717) is 19.0 Å². The number of allylic oxidation sites excluding steroid dienone is 1. The topological polar surface area (TPSA) is 25.5 Å². The second-order valence-electron chi connectivity index (χ2n) is 11.5. The molecule has 0 aromatic heterocycles. The van der Waals surface area contributed by atoms with Gasteiger partial charge in [0.2, 0.25) is 0 Å². The molecule has 1 saturated heterocycles. The molecule has 0 N–H and O–H groups in total. The maximum absolute atomic E-state index is 13.4. The minimum absolute atomic E-state index is 0. The minimum atomic E-state index is -0.719. The Kier molecular flexibility index (Phi) is 14.9. The van der Waals surface area contributed by atoms with Gasteiger partial charge in [0.15, 0.2) is 0 Å². The van der Waals surface area contributed by atoms with Crippen LogP contribution in [-0.4, -0.2) is 29.1 Å². The van der Waals surface area contributed by atoms with Crippen LogP contribution in [0.3, 0.4) is 0 Å². The van der Waals surface area contributed by atoms with Gasteiger partial charge in [-0.2, -0.15) is 0 Å². The summed E-state index contributed by atoms with van der Waals surface area (Å²) in [6.07, 6.45) is 2.99. The van der Waals surface area contributed by atoms with Crippen LogP contribution in [-0.2, 0) is 17.0 Å². The molecule has 2 aromatic carbocycles. The summed E-state index contributed by atoms with van der Waals surface area (Å²) in [6.45, 7) is 15.7. The third-order valence-electron chi connectivity index (χ3n) is 8.88. The fourth-order valence-electron chi connectivity index (χ4n) is 6.39. The molecular formula is C33H44Cl2F2N2STi-2. The van der Waals surface area contributed by atoms with Crippen molar-refractivity contribution >= 4 is 41.1 Å². The molecule has 5 rings (SSSR count). The van der Waals surface area contributed by atoms with E-state index in [-0.39, 0.29) is 18.8 Å². The third-order valence-corrected chi connectivity index (χ3v) is 10.7.